The number of carbonyl (C=O) groups excluding carboxylic acids is 1. The zero-order valence-corrected chi connectivity index (χ0v) is 19.3. The summed E-state index contributed by atoms with van der Waals surface area (Å²) in [5, 5.41) is 2.65. The fraction of sp³-hybridized carbons (Fsp3) is 0.364. The maximum absolute atomic E-state index is 13.3. The summed E-state index contributed by atoms with van der Waals surface area (Å²) in [5.74, 6) is 0.270. The van der Waals surface area contributed by atoms with Crippen LogP contribution in [-0.4, -0.2) is 40.9 Å². The Kier molecular flexibility index (Phi) is 6.61. The van der Waals surface area contributed by atoms with Crippen molar-refractivity contribution in [1.82, 2.24) is 13.7 Å². The zero-order valence-electron chi connectivity index (χ0n) is 19.3. The lowest BCUT2D eigenvalue weighted by Gasteiger charge is -2.17. The molecule has 176 valence electrons. The fourth-order valence-electron chi connectivity index (χ4n) is 3.80. The first kappa shape index (κ1) is 23.6. The summed E-state index contributed by atoms with van der Waals surface area (Å²) in [6, 6.07) is 4.15. The van der Waals surface area contributed by atoms with Gasteiger partial charge in [0, 0.05) is 44.0 Å². The SMILES string of the molecule is CCn1c(=O)c2c(C(=O)Nc3cc(OC)c(OC)c(OC)c3)cc(=O)n(CC)c2n(C)c1=O. The van der Waals surface area contributed by atoms with Crippen LogP contribution in [0.2, 0.25) is 0 Å². The van der Waals surface area contributed by atoms with Gasteiger partial charge in [0.05, 0.1) is 32.3 Å². The minimum atomic E-state index is -0.701. The maximum Gasteiger partial charge on any atom is 0.332 e. The van der Waals surface area contributed by atoms with Crippen molar-refractivity contribution in [3.05, 3.63) is 55.0 Å². The predicted octanol–water partition coefficient (Wildman–Crippen LogP) is 1.18. The first-order valence-electron chi connectivity index (χ1n) is 10.2. The van der Waals surface area contributed by atoms with Crippen molar-refractivity contribution in [2.24, 2.45) is 7.05 Å². The van der Waals surface area contributed by atoms with Crippen molar-refractivity contribution in [3.8, 4) is 17.2 Å². The molecule has 33 heavy (non-hydrogen) atoms. The molecule has 3 aromatic rings. The average molecular weight is 458 g/mol. The molecule has 1 amide bonds. The molecule has 0 unspecified atom stereocenters. The number of anilines is 1. The lowest BCUT2D eigenvalue weighted by Crippen LogP contribution is -2.42. The van der Waals surface area contributed by atoms with Gasteiger partial charge in [-0.25, -0.2) is 4.79 Å². The summed E-state index contributed by atoms with van der Waals surface area (Å²) < 4.78 is 19.4. The van der Waals surface area contributed by atoms with E-state index < -0.39 is 22.7 Å². The summed E-state index contributed by atoms with van der Waals surface area (Å²) in [6.45, 7) is 3.69. The number of carbonyl (C=O) groups is 1. The number of rotatable bonds is 7. The first-order valence-corrected chi connectivity index (χ1v) is 10.2. The van der Waals surface area contributed by atoms with Gasteiger partial charge in [-0.2, -0.15) is 0 Å². The highest BCUT2D eigenvalue weighted by Crippen LogP contribution is 2.40. The molecule has 2 aromatic heterocycles. The number of ether oxygens (including phenoxy) is 3. The Morgan fingerprint density at radius 1 is 0.909 bits per heavy atom. The van der Waals surface area contributed by atoms with Gasteiger partial charge in [-0.15, -0.1) is 0 Å². The van der Waals surface area contributed by atoms with Crippen LogP contribution in [0, 0.1) is 0 Å². The van der Waals surface area contributed by atoms with Crippen LogP contribution < -0.4 is 36.3 Å². The van der Waals surface area contributed by atoms with Crippen LogP contribution >= 0.6 is 0 Å². The molecule has 0 saturated carbocycles. The molecule has 0 bridgehead atoms. The van der Waals surface area contributed by atoms with Gasteiger partial charge in [0.15, 0.2) is 11.5 Å². The van der Waals surface area contributed by atoms with Gasteiger partial charge in [-0.1, -0.05) is 0 Å². The number of methoxy groups -OCH3 is 3. The molecule has 11 heteroatoms. The van der Waals surface area contributed by atoms with Gasteiger partial charge >= 0.3 is 5.69 Å². The van der Waals surface area contributed by atoms with Crippen LogP contribution in [0.1, 0.15) is 24.2 Å². The number of amides is 1. The van der Waals surface area contributed by atoms with Crippen LogP contribution in [0.4, 0.5) is 5.69 Å². The van der Waals surface area contributed by atoms with E-state index >= 15 is 0 Å². The summed E-state index contributed by atoms with van der Waals surface area (Å²) >= 11 is 0. The fourth-order valence-corrected chi connectivity index (χ4v) is 3.80. The number of pyridine rings is 1. The molecule has 1 aromatic carbocycles. The molecule has 0 radical (unpaired) electrons. The van der Waals surface area contributed by atoms with E-state index in [0.29, 0.717) is 22.9 Å². The van der Waals surface area contributed by atoms with E-state index in [4.69, 9.17) is 14.2 Å². The van der Waals surface area contributed by atoms with Crippen molar-refractivity contribution in [3.63, 3.8) is 0 Å². The third kappa shape index (κ3) is 3.86. The largest absolute Gasteiger partial charge is 0.493 e. The highest BCUT2D eigenvalue weighted by molar-refractivity contribution is 6.12. The topological polar surface area (TPSA) is 123 Å². The van der Waals surface area contributed by atoms with Crippen LogP contribution in [0.5, 0.6) is 17.2 Å². The Balaban J connectivity index is 2.28. The van der Waals surface area contributed by atoms with Gasteiger partial charge in [-0.3, -0.25) is 28.1 Å². The zero-order chi connectivity index (χ0) is 24.4. The Hall–Kier alpha value is -4.02. The highest BCUT2D eigenvalue weighted by Gasteiger charge is 2.23. The molecule has 1 N–H and O–H groups in total. The molecular weight excluding hydrogens is 432 g/mol. The molecule has 3 rings (SSSR count). The minimum absolute atomic E-state index is 0.0228. The van der Waals surface area contributed by atoms with Crippen LogP contribution in [-0.2, 0) is 20.1 Å². The average Bonchev–Trinajstić information content (AvgIpc) is 2.81. The van der Waals surface area contributed by atoms with Crippen LogP contribution in [0.25, 0.3) is 11.0 Å². The van der Waals surface area contributed by atoms with Crippen LogP contribution in [0.15, 0.2) is 32.6 Å². The van der Waals surface area contributed by atoms with E-state index in [-0.39, 0.29) is 29.7 Å². The number of hydrogen-bond acceptors (Lipinski definition) is 7. The number of hydrogen-bond donors (Lipinski definition) is 1. The van der Waals surface area contributed by atoms with Gasteiger partial charge < -0.3 is 19.5 Å². The van der Waals surface area contributed by atoms with E-state index in [1.165, 1.54) is 49.6 Å². The third-order valence-corrected chi connectivity index (χ3v) is 5.38. The van der Waals surface area contributed by atoms with Crippen molar-refractivity contribution in [2.45, 2.75) is 26.9 Å². The standard InChI is InChI=1S/C22H26N4O7/c1-7-25-16(27)11-13(17-20(25)24(3)22(30)26(8-2)21(17)29)19(28)23-12-9-14(31-4)18(33-6)15(10-12)32-5/h9-11H,7-8H2,1-6H3,(H,23,28). The minimum Gasteiger partial charge on any atom is -0.493 e. The molecule has 0 fully saturated rings. The van der Waals surface area contributed by atoms with E-state index in [0.717, 1.165) is 10.6 Å². The second-order valence-corrected chi connectivity index (χ2v) is 7.10. The molecular formula is C22H26N4O7. The summed E-state index contributed by atoms with van der Waals surface area (Å²) in [5.41, 5.74) is -1.49. The summed E-state index contributed by atoms with van der Waals surface area (Å²) in [7, 11) is 5.79. The van der Waals surface area contributed by atoms with Crippen molar-refractivity contribution >= 4 is 22.6 Å². The van der Waals surface area contributed by atoms with E-state index in [1.54, 1.807) is 13.8 Å². The molecule has 0 aliphatic carbocycles. The second kappa shape index (κ2) is 9.23. The lowest BCUT2D eigenvalue weighted by molar-refractivity contribution is 0.102. The van der Waals surface area contributed by atoms with Gasteiger partial charge in [0.25, 0.3) is 17.0 Å². The Morgan fingerprint density at radius 2 is 1.48 bits per heavy atom. The predicted molar refractivity (Wildman–Crippen MR) is 123 cm³/mol. The molecule has 0 atom stereocenters. The number of aromatic nitrogens is 3. The number of nitrogens with zero attached hydrogens (tertiary/aromatic N) is 3. The maximum atomic E-state index is 13.3. The van der Waals surface area contributed by atoms with Gasteiger partial charge in [0.2, 0.25) is 5.75 Å². The van der Waals surface area contributed by atoms with Gasteiger partial charge in [0.1, 0.15) is 5.65 Å². The van der Waals surface area contributed by atoms with Crippen molar-refractivity contribution in [2.75, 3.05) is 26.6 Å². The van der Waals surface area contributed by atoms with Gasteiger partial charge in [-0.05, 0) is 13.8 Å². The summed E-state index contributed by atoms with van der Waals surface area (Å²) in [6.07, 6.45) is 0. The van der Waals surface area contributed by atoms with Crippen molar-refractivity contribution < 1.29 is 19.0 Å². The first-order chi connectivity index (χ1) is 15.7. The lowest BCUT2D eigenvalue weighted by atomic mass is 10.1. The number of aryl methyl sites for hydroxylation is 2. The van der Waals surface area contributed by atoms with Crippen LogP contribution in [0.3, 0.4) is 0 Å². The molecule has 0 saturated heterocycles. The Labute approximate surface area is 188 Å². The smallest absolute Gasteiger partial charge is 0.332 e. The normalized spacial score (nSPS) is 10.8. The molecule has 0 spiro atoms. The number of benzene rings is 1. The van der Waals surface area contributed by atoms with E-state index in [9.17, 15) is 19.2 Å². The second-order valence-electron chi connectivity index (χ2n) is 7.10. The number of fused-ring (bicyclic) bond motifs is 1. The van der Waals surface area contributed by atoms with Crippen molar-refractivity contribution in [1.29, 1.82) is 0 Å². The molecule has 0 aliphatic rings. The van der Waals surface area contributed by atoms with E-state index in [2.05, 4.69) is 5.32 Å². The Morgan fingerprint density at radius 3 is 1.97 bits per heavy atom. The van der Waals surface area contributed by atoms with E-state index in [1.807, 2.05) is 0 Å². The molecule has 11 nitrogen and oxygen atoms in total. The number of nitrogens with one attached hydrogen (secondary N) is 1. The third-order valence-electron chi connectivity index (χ3n) is 5.38. The molecule has 2 heterocycles. The quantitative estimate of drug-likeness (QED) is 0.564. The highest BCUT2D eigenvalue weighted by atomic mass is 16.5. The Bertz CT molecular complexity index is 1390. The monoisotopic (exact) mass is 458 g/mol. The molecule has 0 aliphatic heterocycles. The summed E-state index contributed by atoms with van der Waals surface area (Å²) in [4.78, 5) is 51.9.